The molecule has 0 saturated heterocycles. The maximum Gasteiger partial charge on any atom is 0.251 e. The molecule has 1 aromatic carbocycles. The highest BCUT2D eigenvalue weighted by molar-refractivity contribution is 9.10. The maximum atomic E-state index is 13.2. The van der Waals surface area contributed by atoms with Crippen LogP contribution in [-0.2, 0) is 0 Å². The Morgan fingerprint density at radius 2 is 2.17 bits per heavy atom. The highest BCUT2D eigenvalue weighted by Gasteiger charge is 2.09. The number of aromatic amines is 1. The van der Waals surface area contributed by atoms with Gasteiger partial charge in [0.15, 0.2) is 5.16 Å². The van der Waals surface area contributed by atoms with Gasteiger partial charge in [-0.1, -0.05) is 0 Å². The standard InChI is InChI=1S/C11H9BrFN3OS/c1-5-2-10(17)16-11(15-5)18-9-3-6(12)7(13)4-8(9)14/h2-4H,14H2,1H3,(H,15,16,17). The molecular formula is C11H9BrFN3OS. The van der Waals surface area contributed by atoms with E-state index in [1.165, 1.54) is 23.9 Å². The average Bonchev–Trinajstić information content (AvgIpc) is 2.24. The SMILES string of the molecule is Cc1cc(=O)[nH]c(Sc2cc(Br)c(F)cc2N)n1. The molecule has 0 saturated carbocycles. The van der Waals surface area contributed by atoms with E-state index in [0.717, 1.165) is 0 Å². The molecule has 3 N–H and O–H groups in total. The van der Waals surface area contributed by atoms with E-state index in [1.807, 2.05) is 0 Å². The molecule has 0 aliphatic carbocycles. The fourth-order valence-electron chi connectivity index (χ4n) is 1.34. The van der Waals surface area contributed by atoms with Crippen LogP contribution in [0.25, 0.3) is 0 Å². The minimum absolute atomic E-state index is 0.232. The number of benzene rings is 1. The lowest BCUT2D eigenvalue weighted by Crippen LogP contribution is -2.08. The van der Waals surface area contributed by atoms with Crippen molar-refractivity contribution in [2.45, 2.75) is 17.0 Å². The molecule has 94 valence electrons. The van der Waals surface area contributed by atoms with Crippen LogP contribution in [-0.4, -0.2) is 9.97 Å². The predicted molar refractivity (Wildman–Crippen MR) is 72.2 cm³/mol. The van der Waals surface area contributed by atoms with Gasteiger partial charge in [-0.2, -0.15) is 0 Å². The molecule has 0 unspecified atom stereocenters. The molecule has 0 radical (unpaired) electrons. The van der Waals surface area contributed by atoms with Gasteiger partial charge in [0.2, 0.25) is 0 Å². The smallest absolute Gasteiger partial charge is 0.251 e. The van der Waals surface area contributed by atoms with Crippen molar-refractivity contribution in [3.63, 3.8) is 0 Å². The Morgan fingerprint density at radius 3 is 2.83 bits per heavy atom. The first-order chi connectivity index (χ1) is 8.45. The summed E-state index contributed by atoms with van der Waals surface area (Å²) in [6, 6.07) is 4.17. The number of nitrogen functional groups attached to an aromatic ring is 1. The molecule has 0 atom stereocenters. The van der Waals surface area contributed by atoms with Crippen LogP contribution in [0.5, 0.6) is 0 Å². The normalized spacial score (nSPS) is 10.6. The Morgan fingerprint density at radius 1 is 1.44 bits per heavy atom. The summed E-state index contributed by atoms with van der Waals surface area (Å²) in [7, 11) is 0. The number of halogens is 2. The lowest BCUT2D eigenvalue weighted by molar-refractivity contribution is 0.620. The molecule has 2 rings (SSSR count). The minimum Gasteiger partial charge on any atom is -0.398 e. The molecule has 0 amide bonds. The van der Waals surface area contributed by atoms with E-state index in [4.69, 9.17) is 5.73 Å². The number of nitrogens with two attached hydrogens (primary N) is 1. The quantitative estimate of drug-likeness (QED) is 0.656. The number of hydrogen-bond donors (Lipinski definition) is 2. The molecule has 1 heterocycles. The fourth-order valence-corrected chi connectivity index (χ4v) is 2.73. The highest BCUT2D eigenvalue weighted by Crippen LogP contribution is 2.33. The van der Waals surface area contributed by atoms with E-state index >= 15 is 0 Å². The van der Waals surface area contributed by atoms with Crippen molar-refractivity contribution in [2.75, 3.05) is 5.73 Å². The molecule has 0 aliphatic heterocycles. The van der Waals surface area contributed by atoms with Crippen molar-refractivity contribution in [2.24, 2.45) is 0 Å². The van der Waals surface area contributed by atoms with Gasteiger partial charge in [-0.15, -0.1) is 0 Å². The average molecular weight is 330 g/mol. The van der Waals surface area contributed by atoms with Gasteiger partial charge in [-0.05, 0) is 46.7 Å². The number of nitrogens with zero attached hydrogens (tertiary/aromatic N) is 1. The second kappa shape index (κ2) is 5.11. The number of anilines is 1. The number of aryl methyl sites for hydroxylation is 1. The van der Waals surface area contributed by atoms with E-state index in [-0.39, 0.29) is 5.56 Å². The van der Waals surface area contributed by atoms with Crippen molar-refractivity contribution >= 4 is 33.4 Å². The molecule has 0 bridgehead atoms. The number of aromatic nitrogens is 2. The molecule has 7 heteroatoms. The van der Waals surface area contributed by atoms with Gasteiger partial charge in [-0.3, -0.25) is 4.79 Å². The summed E-state index contributed by atoms with van der Waals surface area (Å²) in [5.74, 6) is -0.428. The topological polar surface area (TPSA) is 71.8 Å². The lowest BCUT2D eigenvalue weighted by atomic mass is 10.3. The summed E-state index contributed by atoms with van der Waals surface area (Å²) in [5, 5.41) is 0.421. The van der Waals surface area contributed by atoms with E-state index in [1.54, 1.807) is 13.0 Å². The molecule has 1 aromatic heterocycles. The molecule has 18 heavy (non-hydrogen) atoms. The Bertz CT molecular complexity index is 659. The van der Waals surface area contributed by atoms with Crippen LogP contribution in [0.15, 0.2) is 37.5 Å². The van der Waals surface area contributed by atoms with Gasteiger partial charge in [0, 0.05) is 22.3 Å². The van der Waals surface area contributed by atoms with E-state index in [0.29, 0.717) is 25.9 Å². The summed E-state index contributed by atoms with van der Waals surface area (Å²) >= 11 is 4.26. The number of hydrogen-bond acceptors (Lipinski definition) is 4. The summed E-state index contributed by atoms with van der Waals surface area (Å²) < 4.78 is 13.5. The third kappa shape index (κ3) is 2.91. The van der Waals surface area contributed by atoms with Crippen molar-refractivity contribution in [3.05, 3.63) is 44.5 Å². The second-order valence-corrected chi connectivity index (χ2v) is 5.48. The number of nitrogens with one attached hydrogen (secondary N) is 1. The van der Waals surface area contributed by atoms with Gasteiger partial charge in [0.05, 0.1) is 4.47 Å². The monoisotopic (exact) mass is 329 g/mol. The van der Waals surface area contributed by atoms with Crippen molar-refractivity contribution in [1.29, 1.82) is 0 Å². The van der Waals surface area contributed by atoms with Crippen molar-refractivity contribution in [3.8, 4) is 0 Å². The van der Waals surface area contributed by atoms with Gasteiger partial charge >= 0.3 is 0 Å². The van der Waals surface area contributed by atoms with Crippen LogP contribution >= 0.6 is 27.7 Å². The predicted octanol–water partition coefficient (Wildman–Crippen LogP) is 2.71. The molecule has 4 nitrogen and oxygen atoms in total. The van der Waals surface area contributed by atoms with E-state index in [9.17, 15) is 9.18 Å². The van der Waals surface area contributed by atoms with Crippen molar-refractivity contribution < 1.29 is 4.39 Å². The van der Waals surface area contributed by atoms with Crippen LogP contribution < -0.4 is 11.3 Å². The van der Waals surface area contributed by atoms with Crippen LogP contribution in [0.1, 0.15) is 5.69 Å². The zero-order chi connectivity index (χ0) is 13.3. The number of H-pyrrole nitrogens is 1. The molecular weight excluding hydrogens is 321 g/mol. The van der Waals surface area contributed by atoms with Gasteiger partial charge in [-0.25, -0.2) is 9.37 Å². The summed E-state index contributed by atoms with van der Waals surface area (Å²) in [6.07, 6.45) is 0. The summed E-state index contributed by atoms with van der Waals surface area (Å²) in [4.78, 5) is 18.7. The Kier molecular flexibility index (Phi) is 3.72. The van der Waals surface area contributed by atoms with E-state index < -0.39 is 5.82 Å². The third-order valence-corrected chi connectivity index (χ3v) is 3.68. The Balaban J connectivity index is 2.39. The molecule has 0 spiro atoms. The van der Waals surface area contributed by atoms with Crippen LogP contribution in [0.2, 0.25) is 0 Å². The zero-order valence-electron chi connectivity index (χ0n) is 9.33. The zero-order valence-corrected chi connectivity index (χ0v) is 11.7. The lowest BCUT2D eigenvalue weighted by Gasteiger charge is -2.06. The first-order valence-corrected chi connectivity index (χ1v) is 6.57. The van der Waals surface area contributed by atoms with Crippen LogP contribution in [0, 0.1) is 12.7 Å². The molecule has 0 aliphatic rings. The summed E-state index contributed by atoms with van der Waals surface area (Å²) in [6.45, 7) is 1.73. The summed E-state index contributed by atoms with van der Waals surface area (Å²) in [5.41, 5.74) is 6.39. The molecule has 0 fully saturated rings. The van der Waals surface area contributed by atoms with Crippen LogP contribution in [0.4, 0.5) is 10.1 Å². The molecule has 2 aromatic rings. The fraction of sp³-hybridized carbons (Fsp3) is 0.0909. The van der Waals surface area contributed by atoms with Crippen LogP contribution in [0.3, 0.4) is 0 Å². The van der Waals surface area contributed by atoms with Gasteiger partial charge in [0.1, 0.15) is 5.82 Å². The Hall–Kier alpha value is -1.34. The second-order valence-electron chi connectivity index (χ2n) is 3.60. The van der Waals surface area contributed by atoms with E-state index in [2.05, 4.69) is 25.9 Å². The Labute approximate surface area is 115 Å². The van der Waals surface area contributed by atoms with Crippen molar-refractivity contribution in [1.82, 2.24) is 9.97 Å². The first kappa shape index (κ1) is 13.1. The minimum atomic E-state index is -0.428. The number of rotatable bonds is 2. The largest absolute Gasteiger partial charge is 0.398 e. The highest BCUT2D eigenvalue weighted by atomic mass is 79.9. The van der Waals surface area contributed by atoms with Gasteiger partial charge in [0.25, 0.3) is 5.56 Å². The first-order valence-electron chi connectivity index (χ1n) is 4.96. The third-order valence-electron chi connectivity index (χ3n) is 2.11. The maximum absolute atomic E-state index is 13.2. The van der Waals surface area contributed by atoms with Gasteiger partial charge < -0.3 is 10.7 Å².